The first kappa shape index (κ1) is 18.7. The highest BCUT2D eigenvalue weighted by Crippen LogP contribution is 2.22. The molecule has 0 saturated heterocycles. The molecular formula is C14H28N2O4. The second-order valence-corrected chi connectivity index (χ2v) is 6.18. The van der Waals surface area contributed by atoms with E-state index < -0.39 is 5.97 Å². The number of carboxylic acids is 1. The minimum atomic E-state index is -0.915. The number of rotatable bonds is 8. The normalized spacial score (nSPS) is 14.4. The topological polar surface area (TPSA) is 87.7 Å². The van der Waals surface area contributed by atoms with Crippen molar-refractivity contribution >= 4 is 12.0 Å². The molecule has 0 radical (unpaired) electrons. The molecule has 0 aromatic rings. The zero-order chi connectivity index (χ0) is 15.8. The fraction of sp³-hybridized carbons (Fsp3) is 0.857. The highest BCUT2D eigenvalue weighted by atomic mass is 16.5. The molecule has 0 saturated carbocycles. The summed E-state index contributed by atoms with van der Waals surface area (Å²) < 4.78 is 5.31. The maximum absolute atomic E-state index is 11.8. The molecule has 0 spiro atoms. The summed E-state index contributed by atoms with van der Waals surface area (Å²) in [5.74, 6) is -0.915. The number of hydrogen-bond acceptors (Lipinski definition) is 3. The molecule has 0 bridgehead atoms. The van der Waals surface area contributed by atoms with Crippen LogP contribution in [0.25, 0.3) is 0 Å². The molecular weight excluding hydrogens is 260 g/mol. The first-order valence-electron chi connectivity index (χ1n) is 7.01. The monoisotopic (exact) mass is 288 g/mol. The van der Waals surface area contributed by atoms with Crippen molar-refractivity contribution in [2.75, 3.05) is 13.2 Å². The van der Waals surface area contributed by atoms with Crippen molar-refractivity contribution in [1.82, 2.24) is 10.6 Å². The molecule has 20 heavy (non-hydrogen) atoms. The number of hydrogen-bond donors (Lipinski definition) is 3. The van der Waals surface area contributed by atoms with Crippen LogP contribution in [0, 0.1) is 5.41 Å². The van der Waals surface area contributed by atoms with E-state index in [1.807, 2.05) is 34.6 Å². The molecule has 2 unspecified atom stereocenters. The van der Waals surface area contributed by atoms with Crippen LogP contribution in [0.15, 0.2) is 0 Å². The fourth-order valence-corrected chi connectivity index (χ4v) is 1.94. The number of ether oxygens (including phenoxy) is 1. The smallest absolute Gasteiger partial charge is 0.315 e. The van der Waals surface area contributed by atoms with Crippen molar-refractivity contribution in [3.8, 4) is 0 Å². The molecule has 6 heteroatoms. The van der Waals surface area contributed by atoms with Gasteiger partial charge >= 0.3 is 12.0 Å². The molecule has 0 aliphatic heterocycles. The minimum Gasteiger partial charge on any atom is -0.481 e. The third-order valence-electron chi connectivity index (χ3n) is 2.62. The molecule has 0 heterocycles. The van der Waals surface area contributed by atoms with Gasteiger partial charge in [0.2, 0.25) is 0 Å². The Bertz CT molecular complexity index is 313. The summed E-state index contributed by atoms with van der Waals surface area (Å²) in [4.78, 5) is 22.6. The van der Waals surface area contributed by atoms with Gasteiger partial charge in [0.25, 0.3) is 0 Å². The summed E-state index contributed by atoms with van der Waals surface area (Å²) in [6.45, 7) is 10.8. The fourth-order valence-electron chi connectivity index (χ4n) is 1.94. The van der Waals surface area contributed by atoms with Crippen LogP contribution in [-0.4, -0.2) is 42.4 Å². The van der Waals surface area contributed by atoms with E-state index in [0.717, 1.165) is 0 Å². The van der Waals surface area contributed by atoms with Gasteiger partial charge in [0.15, 0.2) is 0 Å². The Kier molecular flexibility index (Phi) is 8.22. The maximum Gasteiger partial charge on any atom is 0.315 e. The van der Waals surface area contributed by atoms with E-state index in [1.165, 1.54) is 0 Å². The number of carbonyl (C=O) groups is 2. The summed E-state index contributed by atoms with van der Waals surface area (Å²) >= 11 is 0. The highest BCUT2D eigenvalue weighted by molar-refractivity contribution is 5.75. The second kappa shape index (κ2) is 8.79. The molecule has 118 valence electrons. The van der Waals surface area contributed by atoms with Crippen molar-refractivity contribution in [3.05, 3.63) is 0 Å². The molecule has 2 amide bonds. The predicted octanol–water partition coefficient (Wildman–Crippen LogP) is 1.99. The van der Waals surface area contributed by atoms with E-state index in [2.05, 4.69) is 10.6 Å². The van der Waals surface area contributed by atoms with Crippen molar-refractivity contribution < 1.29 is 19.4 Å². The van der Waals surface area contributed by atoms with Gasteiger partial charge in [-0.3, -0.25) is 4.79 Å². The Hall–Kier alpha value is -1.30. The summed E-state index contributed by atoms with van der Waals surface area (Å²) in [6.07, 6.45) is 0.464. The average molecular weight is 288 g/mol. The van der Waals surface area contributed by atoms with Gasteiger partial charge in [-0.2, -0.15) is 0 Å². The molecule has 3 N–H and O–H groups in total. The molecule has 2 atom stereocenters. The van der Waals surface area contributed by atoms with E-state index in [-0.39, 0.29) is 30.0 Å². The number of amides is 2. The number of carbonyl (C=O) groups excluding carboxylic acids is 1. The standard InChI is InChI=1S/C14H28N2O4/c1-6-20-10(2)9-15-13(19)16-11(7-12(17)18)8-14(3,4)5/h10-11H,6-9H2,1-5H3,(H,17,18)(H2,15,16,19). The third-order valence-corrected chi connectivity index (χ3v) is 2.62. The molecule has 0 aromatic carbocycles. The molecule has 0 aromatic heterocycles. The van der Waals surface area contributed by atoms with Crippen molar-refractivity contribution in [3.63, 3.8) is 0 Å². The second-order valence-electron chi connectivity index (χ2n) is 6.18. The SMILES string of the molecule is CCOC(C)CNC(=O)NC(CC(=O)O)CC(C)(C)C. The van der Waals surface area contributed by atoms with E-state index in [0.29, 0.717) is 19.6 Å². The Labute approximate surface area is 121 Å². The highest BCUT2D eigenvalue weighted by Gasteiger charge is 2.22. The summed E-state index contributed by atoms with van der Waals surface area (Å²) in [6, 6.07) is -0.734. The van der Waals surface area contributed by atoms with Crippen LogP contribution >= 0.6 is 0 Å². The summed E-state index contributed by atoms with van der Waals surface area (Å²) in [5.41, 5.74) is -0.0496. The average Bonchev–Trinajstić information content (AvgIpc) is 2.23. The van der Waals surface area contributed by atoms with Gasteiger partial charge in [-0.15, -0.1) is 0 Å². The molecule has 6 nitrogen and oxygen atoms in total. The van der Waals surface area contributed by atoms with Crippen LogP contribution in [0.2, 0.25) is 0 Å². The maximum atomic E-state index is 11.8. The van der Waals surface area contributed by atoms with E-state index >= 15 is 0 Å². The third kappa shape index (κ3) is 10.6. The van der Waals surface area contributed by atoms with E-state index in [4.69, 9.17) is 9.84 Å². The van der Waals surface area contributed by atoms with Crippen LogP contribution in [0.5, 0.6) is 0 Å². The molecule has 0 aliphatic rings. The minimum absolute atomic E-state index is 0.0496. The van der Waals surface area contributed by atoms with Gasteiger partial charge < -0.3 is 20.5 Å². The van der Waals surface area contributed by atoms with Gasteiger partial charge in [-0.05, 0) is 25.7 Å². The molecule has 0 fully saturated rings. The van der Waals surface area contributed by atoms with Crippen molar-refractivity contribution in [2.45, 2.75) is 59.6 Å². The Morgan fingerprint density at radius 3 is 2.35 bits per heavy atom. The first-order valence-corrected chi connectivity index (χ1v) is 7.01. The van der Waals surface area contributed by atoms with Crippen molar-refractivity contribution in [1.29, 1.82) is 0 Å². The number of carboxylic acid groups (broad SMARTS) is 1. The first-order chi connectivity index (χ1) is 9.14. The lowest BCUT2D eigenvalue weighted by Gasteiger charge is -2.26. The predicted molar refractivity (Wildman–Crippen MR) is 77.7 cm³/mol. The number of urea groups is 1. The van der Waals surface area contributed by atoms with Gasteiger partial charge in [0.05, 0.1) is 12.5 Å². The Morgan fingerprint density at radius 2 is 1.90 bits per heavy atom. The van der Waals surface area contributed by atoms with Crippen molar-refractivity contribution in [2.24, 2.45) is 5.41 Å². The van der Waals surface area contributed by atoms with Gasteiger partial charge in [0, 0.05) is 19.2 Å². The zero-order valence-electron chi connectivity index (χ0n) is 13.2. The number of aliphatic carboxylic acids is 1. The van der Waals surface area contributed by atoms with Crippen LogP contribution in [0.3, 0.4) is 0 Å². The largest absolute Gasteiger partial charge is 0.481 e. The van der Waals surface area contributed by atoms with Gasteiger partial charge in [-0.1, -0.05) is 20.8 Å². The lowest BCUT2D eigenvalue weighted by Crippen LogP contribution is -2.46. The lowest BCUT2D eigenvalue weighted by molar-refractivity contribution is -0.137. The van der Waals surface area contributed by atoms with Crippen LogP contribution < -0.4 is 10.6 Å². The van der Waals surface area contributed by atoms with Crippen LogP contribution in [-0.2, 0) is 9.53 Å². The summed E-state index contributed by atoms with van der Waals surface area (Å²) in [5, 5.41) is 14.3. The molecule has 0 rings (SSSR count). The Balaban J connectivity index is 4.28. The number of nitrogens with one attached hydrogen (secondary N) is 2. The quantitative estimate of drug-likeness (QED) is 0.637. The lowest BCUT2D eigenvalue weighted by atomic mass is 9.87. The van der Waals surface area contributed by atoms with E-state index in [1.54, 1.807) is 0 Å². The van der Waals surface area contributed by atoms with Crippen LogP contribution in [0.1, 0.15) is 47.5 Å². The zero-order valence-corrected chi connectivity index (χ0v) is 13.2. The van der Waals surface area contributed by atoms with Gasteiger partial charge in [0.1, 0.15) is 0 Å². The summed E-state index contributed by atoms with van der Waals surface area (Å²) in [7, 11) is 0. The van der Waals surface area contributed by atoms with Crippen LogP contribution in [0.4, 0.5) is 4.79 Å². The van der Waals surface area contributed by atoms with E-state index in [9.17, 15) is 9.59 Å². The molecule has 0 aliphatic carbocycles. The van der Waals surface area contributed by atoms with Gasteiger partial charge in [-0.25, -0.2) is 4.79 Å². The Morgan fingerprint density at radius 1 is 1.30 bits per heavy atom.